The van der Waals surface area contributed by atoms with Gasteiger partial charge in [0.15, 0.2) is 5.13 Å². The third-order valence-electron chi connectivity index (χ3n) is 4.36. The summed E-state index contributed by atoms with van der Waals surface area (Å²) in [5, 5.41) is 9.89. The van der Waals surface area contributed by atoms with Gasteiger partial charge >= 0.3 is 0 Å². The molecule has 3 aromatic rings. The lowest BCUT2D eigenvalue weighted by Crippen LogP contribution is -2.34. The van der Waals surface area contributed by atoms with Gasteiger partial charge in [0.1, 0.15) is 0 Å². The molecule has 0 spiro atoms. The highest BCUT2D eigenvalue weighted by molar-refractivity contribution is 7.22. The standard InChI is InChI=1S/C20H19N3O2S/c21-11-15-5-7-16(8-6-15)13-25-17-12-23(9-10-24-14-17)20-22-18-3-1-2-4-19(18)26-20/h1-8,17H,9-10,12-14H2/t17-/m1/s1. The van der Waals surface area contributed by atoms with Gasteiger partial charge in [0.05, 0.1) is 47.8 Å². The Labute approximate surface area is 156 Å². The first-order valence-electron chi connectivity index (χ1n) is 8.61. The van der Waals surface area contributed by atoms with E-state index in [9.17, 15) is 0 Å². The molecule has 0 radical (unpaired) electrons. The van der Waals surface area contributed by atoms with Gasteiger partial charge in [0.2, 0.25) is 0 Å². The molecule has 1 fully saturated rings. The summed E-state index contributed by atoms with van der Waals surface area (Å²) in [5.41, 5.74) is 2.75. The Morgan fingerprint density at radius 3 is 2.88 bits per heavy atom. The summed E-state index contributed by atoms with van der Waals surface area (Å²) in [6.45, 7) is 3.34. The Kier molecular flexibility index (Phi) is 5.12. The third-order valence-corrected chi connectivity index (χ3v) is 5.45. The summed E-state index contributed by atoms with van der Waals surface area (Å²) in [6.07, 6.45) is -0.0137. The molecule has 132 valence electrons. The van der Waals surface area contributed by atoms with Crippen LogP contribution >= 0.6 is 11.3 Å². The summed E-state index contributed by atoms with van der Waals surface area (Å²) in [4.78, 5) is 7.00. The maximum absolute atomic E-state index is 8.88. The van der Waals surface area contributed by atoms with Gasteiger partial charge in [-0.1, -0.05) is 35.6 Å². The molecule has 0 aliphatic carbocycles. The predicted octanol–water partition coefficient (Wildman–Crippen LogP) is 3.59. The van der Waals surface area contributed by atoms with Crippen LogP contribution in [0.25, 0.3) is 10.2 Å². The molecule has 1 atom stereocenters. The second-order valence-corrected chi connectivity index (χ2v) is 7.24. The van der Waals surface area contributed by atoms with Gasteiger partial charge in [-0.25, -0.2) is 4.98 Å². The van der Waals surface area contributed by atoms with Crippen LogP contribution in [0, 0.1) is 11.3 Å². The van der Waals surface area contributed by atoms with Crippen LogP contribution in [-0.2, 0) is 16.1 Å². The Balaban J connectivity index is 1.42. The van der Waals surface area contributed by atoms with Crippen molar-refractivity contribution in [2.75, 3.05) is 31.2 Å². The first-order valence-corrected chi connectivity index (χ1v) is 9.42. The topological polar surface area (TPSA) is 58.4 Å². The molecule has 1 aromatic heterocycles. The fourth-order valence-corrected chi connectivity index (χ4v) is 3.94. The van der Waals surface area contributed by atoms with Gasteiger partial charge in [-0.15, -0.1) is 0 Å². The minimum Gasteiger partial charge on any atom is -0.377 e. The van der Waals surface area contributed by atoms with E-state index in [2.05, 4.69) is 17.0 Å². The zero-order valence-corrected chi connectivity index (χ0v) is 15.1. The van der Waals surface area contributed by atoms with Crippen molar-refractivity contribution in [2.45, 2.75) is 12.7 Å². The van der Waals surface area contributed by atoms with Crippen molar-refractivity contribution in [1.82, 2.24) is 4.98 Å². The van der Waals surface area contributed by atoms with Crippen LogP contribution in [0.5, 0.6) is 0 Å². The highest BCUT2D eigenvalue weighted by Crippen LogP contribution is 2.29. The molecule has 0 saturated carbocycles. The van der Waals surface area contributed by atoms with Gasteiger partial charge in [0, 0.05) is 13.1 Å². The number of thiazole rings is 1. The number of hydrogen-bond acceptors (Lipinski definition) is 6. The summed E-state index contributed by atoms with van der Waals surface area (Å²) in [5.74, 6) is 0. The van der Waals surface area contributed by atoms with Crippen molar-refractivity contribution in [3.8, 4) is 6.07 Å². The predicted molar refractivity (Wildman–Crippen MR) is 102 cm³/mol. The molecule has 26 heavy (non-hydrogen) atoms. The number of fused-ring (bicyclic) bond motifs is 1. The highest BCUT2D eigenvalue weighted by atomic mass is 32.1. The summed E-state index contributed by atoms with van der Waals surface area (Å²) in [6, 6.07) is 17.8. The fourth-order valence-electron chi connectivity index (χ4n) is 2.94. The zero-order chi connectivity index (χ0) is 17.8. The molecular formula is C20H19N3O2S. The smallest absolute Gasteiger partial charge is 0.186 e. The van der Waals surface area contributed by atoms with Crippen LogP contribution < -0.4 is 4.90 Å². The molecule has 4 rings (SSSR count). The minimum absolute atomic E-state index is 0.0137. The molecule has 1 saturated heterocycles. The molecule has 5 nitrogen and oxygen atoms in total. The van der Waals surface area contributed by atoms with Crippen LogP contribution in [0.2, 0.25) is 0 Å². The molecule has 1 aliphatic rings. The van der Waals surface area contributed by atoms with Crippen LogP contribution in [0.3, 0.4) is 0 Å². The van der Waals surface area contributed by atoms with E-state index in [0.29, 0.717) is 25.4 Å². The highest BCUT2D eigenvalue weighted by Gasteiger charge is 2.22. The Hall–Kier alpha value is -2.46. The second kappa shape index (κ2) is 7.83. The van der Waals surface area contributed by atoms with Crippen LogP contribution in [0.1, 0.15) is 11.1 Å². The Morgan fingerprint density at radius 2 is 2.08 bits per heavy atom. The number of ether oxygens (including phenoxy) is 2. The fraction of sp³-hybridized carbons (Fsp3) is 0.300. The summed E-state index contributed by atoms with van der Waals surface area (Å²) in [7, 11) is 0. The van der Waals surface area contributed by atoms with E-state index in [1.54, 1.807) is 11.3 Å². The molecule has 0 N–H and O–H groups in total. The lowest BCUT2D eigenvalue weighted by Gasteiger charge is -2.23. The van der Waals surface area contributed by atoms with Crippen LogP contribution in [0.4, 0.5) is 5.13 Å². The summed E-state index contributed by atoms with van der Waals surface area (Å²) < 4.78 is 13.0. The molecule has 2 aromatic carbocycles. The number of anilines is 1. The Bertz CT molecular complexity index is 884. The third kappa shape index (κ3) is 3.86. The van der Waals surface area contributed by atoms with Gasteiger partial charge in [-0.3, -0.25) is 0 Å². The number of para-hydroxylation sites is 1. The largest absolute Gasteiger partial charge is 0.377 e. The van der Waals surface area contributed by atoms with Gasteiger partial charge in [-0.2, -0.15) is 5.26 Å². The molecule has 0 unspecified atom stereocenters. The van der Waals surface area contributed by atoms with E-state index in [4.69, 9.17) is 19.7 Å². The SMILES string of the molecule is N#Cc1ccc(CO[C@H]2COCCN(c3nc4ccccc4s3)C2)cc1. The number of nitrogens with zero attached hydrogens (tertiary/aromatic N) is 3. The molecule has 0 amide bonds. The number of rotatable bonds is 4. The van der Waals surface area contributed by atoms with Crippen molar-refractivity contribution in [3.63, 3.8) is 0 Å². The maximum atomic E-state index is 8.88. The average molecular weight is 365 g/mol. The quantitative estimate of drug-likeness (QED) is 0.707. The van der Waals surface area contributed by atoms with E-state index in [0.717, 1.165) is 29.3 Å². The molecular weight excluding hydrogens is 346 g/mol. The molecule has 2 heterocycles. The second-order valence-electron chi connectivity index (χ2n) is 6.23. The maximum Gasteiger partial charge on any atom is 0.186 e. The van der Waals surface area contributed by atoms with Crippen molar-refractivity contribution >= 4 is 26.7 Å². The molecule has 0 bridgehead atoms. The van der Waals surface area contributed by atoms with Gasteiger partial charge < -0.3 is 14.4 Å². The van der Waals surface area contributed by atoms with E-state index >= 15 is 0 Å². The molecule has 6 heteroatoms. The first kappa shape index (κ1) is 17.0. The van der Waals surface area contributed by atoms with E-state index in [-0.39, 0.29) is 6.10 Å². The zero-order valence-electron chi connectivity index (χ0n) is 14.3. The first-order chi connectivity index (χ1) is 12.8. The number of hydrogen-bond donors (Lipinski definition) is 0. The molecule has 1 aliphatic heterocycles. The number of benzene rings is 2. The van der Waals surface area contributed by atoms with E-state index in [1.165, 1.54) is 4.70 Å². The van der Waals surface area contributed by atoms with E-state index < -0.39 is 0 Å². The monoisotopic (exact) mass is 365 g/mol. The van der Waals surface area contributed by atoms with Crippen molar-refractivity contribution in [2.24, 2.45) is 0 Å². The van der Waals surface area contributed by atoms with Crippen molar-refractivity contribution in [1.29, 1.82) is 5.26 Å². The van der Waals surface area contributed by atoms with Gasteiger partial charge in [-0.05, 0) is 29.8 Å². The van der Waals surface area contributed by atoms with Gasteiger partial charge in [0.25, 0.3) is 0 Å². The van der Waals surface area contributed by atoms with Crippen LogP contribution in [0.15, 0.2) is 48.5 Å². The number of nitriles is 1. The normalized spacial score (nSPS) is 17.8. The number of aromatic nitrogens is 1. The Morgan fingerprint density at radius 1 is 1.23 bits per heavy atom. The summed E-state index contributed by atoms with van der Waals surface area (Å²) >= 11 is 1.71. The average Bonchev–Trinajstić information content (AvgIpc) is 2.98. The minimum atomic E-state index is -0.0137. The van der Waals surface area contributed by atoms with Crippen LogP contribution in [-0.4, -0.2) is 37.4 Å². The van der Waals surface area contributed by atoms with E-state index in [1.807, 2.05) is 42.5 Å². The van der Waals surface area contributed by atoms with Crippen molar-refractivity contribution < 1.29 is 9.47 Å². The van der Waals surface area contributed by atoms with Crippen molar-refractivity contribution in [3.05, 3.63) is 59.7 Å². The lowest BCUT2D eigenvalue weighted by molar-refractivity contribution is -0.00795. The lowest BCUT2D eigenvalue weighted by atomic mass is 10.1.